The van der Waals surface area contributed by atoms with Crippen molar-refractivity contribution in [1.82, 2.24) is 0 Å². The second kappa shape index (κ2) is 25.7. The van der Waals surface area contributed by atoms with Gasteiger partial charge in [-0.2, -0.15) is 0 Å². The fourth-order valence-electron chi connectivity index (χ4n) is 2.07. The number of ether oxygens (including phenoxy) is 1. The summed E-state index contributed by atoms with van der Waals surface area (Å²) in [5, 5.41) is 0. The van der Waals surface area contributed by atoms with E-state index in [-0.39, 0.29) is 21.1 Å². The van der Waals surface area contributed by atoms with Crippen molar-refractivity contribution >= 4 is 21.1 Å². The second-order valence-corrected chi connectivity index (χ2v) is 9.34. The molecule has 0 fully saturated rings. The molecule has 0 aliphatic carbocycles. The van der Waals surface area contributed by atoms with Crippen LogP contribution in [0.1, 0.15) is 97.8 Å². The van der Waals surface area contributed by atoms with Crippen molar-refractivity contribution in [2.24, 2.45) is 0 Å². The first-order chi connectivity index (χ1) is 10.3. The average Bonchev–Trinajstić information content (AvgIpc) is 2.51. The van der Waals surface area contributed by atoms with Gasteiger partial charge in [-0.15, -0.1) is 0 Å². The molecule has 0 amide bonds. The van der Waals surface area contributed by atoms with Crippen LogP contribution in [-0.2, 0) is 4.74 Å². The summed E-state index contributed by atoms with van der Waals surface area (Å²) in [6, 6.07) is 0. The standard InChI is InChI=1S/C14H30O.C4H9.CH3.Sn/c1-3-5-7-9-11-13-15-14-12-10-8-6-4-2;1-3-4-2;;/h3-14H2,1-2H3;1,3-4H2,2H3;1H3;. The van der Waals surface area contributed by atoms with Gasteiger partial charge < -0.3 is 4.74 Å². The van der Waals surface area contributed by atoms with Gasteiger partial charge in [-0.25, -0.2) is 0 Å². The molecule has 0 saturated carbocycles. The Hall–Kier alpha value is 0.759. The van der Waals surface area contributed by atoms with E-state index in [1.165, 1.54) is 77.0 Å². The first-order valence-electron chi connectivity index (χ1n) is 9.55. The predicted octanol–water partition coefficient (Wildman–Crippen LogP) is 6.90. The Morgan fingerprint density at radius 3 is 1.33 bits per heavy atom. The zero-order valence-corrected chi connectivity index (χ0v) is 18.4. The molecule has 0 aliphatic heterocycles. The molecule has 21 heavy (non-hydrogen) atoms. The van der Waals surface area contributed by atoms with E-state index < -0.39 is 0 Å². The quantitative estimate of drug-likeness (QED) is 0.213. The van der Waals surface area contributed by atoms with Crippen molar-refractivity contribution in [3.8, 4) is 0 Å². The van der Waals surface area contributed by atoms with Crippen LogP contribution in [0.2, 0.25) is 9.38 Å². The van der Waals surface area contributed by atoms with Crippen LogP contribution in [0.25, 0.3) is 0 Å². The van der Waals surface area contributed by atoms with E-state index >= 15 is 0 Å². The molecule has 0 bridgehead atoms. The predicted molar refractivity (Wildman–Crippen MR) is 99.7 cm³/mol. The molecule has 0 aliphatic rings. The SMILES string of the molecule is CCCCCCCOCCCCCCC.CCC[CH2][Sn][CH3]. The van der Waals surface area contributed by atoms with Crippen molar-refractivity contribution in [3.05, 3.63) is 0 Å². The third-order valence-electron chi connectivity index (χ3n) is 3.56. The molecule has 0 N–H and O–H groups in total. The minimum atomic E-state index is 0.190. The molecule has 0 atom stereocenters. The molecule has 128 valence electrons. The normalized spacial score (nSPS) is 10.3. The van der Waals surface area contributed by atoms with Gasteiger partial charge in [-0.05, 0) is 12.8 Å². The van der Waals surface area contributed by atoms with E-state index in [0.29, 0.717) is 0 Å². The number of hydrogen-bond acceptors (Lipinski definition) is 1. The van der Waals surface area contributed by atoms with Crippen molar-refractivity contribution in [1.29, 1.82) is 0 Å². The van der Waals surface area contributed by atoms with Gasteiger partial charge in [0.15, 0.2) is 0 Å². The van der Waals surface area contributed by atoms with Crippen LogP contribution >= 0.6 is 0 Å². The Morgan fingerprint density at radius 2 is 1.00 bits per heavy atom. The van der Waals surface area contributed by atoms with Crippen molar-refractivity contribution in [2.45, 2.75) is 107 Å². The third kappa shape index (κ3) is 29.4. The molecule has 2 radical (unpaired) electrons. The molecular formula is C19H42OSn. The summed E-state index contributed by atoms with van der Waals surface area (Å²) < 4.78 is 7.18. The van der Waals surface area contributed by atoms with E-state index in [1.54, 1.807) is 4.44 Å². The molecule has 0 spiro atoms. The van der Waals surface area contributed by atoms with Gasteiger partial charge in [-0.1, -0.05) is 65.2 Å². The van der Waals surface area contributed by atoms with Crippen LogP contribution in [0.3, 0.4) is 0 Å². The maximum absolute atomic E-state index is 5.59. The summed E-state index contributed by atoms with van der Waals surface area (Å²) in [4.78, 5) is 2.40. The zero-order valence-electron chi connectivity index (χ0n) is 15.5. The average molecular weight is 405 g/mol. The Labute approximate surface area is 146 Å². The molecule has 0 aromatic rings. The summed E-state index contributed by atoms with van der Waals surface area (Å²) in [6.07, 6.45) is 16.3. The van der Waals surface area contributed by atoms with Crippen molar-refractivity contribution < 1.29 is 4.74 Å². The Morgan fingerprint density at radius 1 is 0.571 bits per heavy atom. The van der Waals surface area contributed by atoms with Crippen LogP contribution in [-0.4, -0.2) is 34.4 Å². The van der Waals surface area contributed by atoms with E-state index in [1.807, 2.05) is 0 Å². The molecule has 0 aromatic heterocycles. The minimum absolute atomic E-state index is 0.190. The van der Waals surface area contributed by atoms with Gasteiger partial charge in [0.1, 0.15) is 0 Å². The van der Waals surface area contributed by atoms with Gasteiger partial charge in [0.2, 0.25) is 0 Å². The molecule has 0 saturated heterocycles. The van der Waals surface area contributed by atoms with Crippen molar-refractivity contribution in [2.75, 3.05) is 13.2 Å². The Kier molecular flexibility index (Phi) is 29.4. The van der Waals surface area contributed by atoms with Gasteiger partial charge in [-0.3, -0.25) is 0 Å². The van der Waals surface area contributed by atoms with Crippen LogP contribution < -0.4 is 0 Å². The monoisotopic (exact) mass is 406 g/mol. The number of unbranched alkanes of at least 4 members (excludes halogenated alkanes) is 9. The molecule has 2 heteroatoms. The summed E-state index contributed by atoms with van der Waals surface area (Å²) in [5.74, 6) is 0. The molecular weight excluding hydrogens is 363 g/mol. The van der Waals surface area contributed by atoms with Crippen LogP contribution in [0.4, 0.5) is 0 Å². The van der Waals surface area contributed by atoms with Gasteiger partial charge in [0.25, 0.3) is 0 Å². The number of rotatable bonds is 15. The van der Waals surface area contributed by atoms with Crippen LogP contribution in [0, 0.1) is 0 Å². The van der Waals surface area contributed by atoms with E-state index in [2.05, 4.69) is 25.7 Å². The first-order valence-corrected chi connectivity index (χ1v) is 14.4. The second-order valence-electron chi connectivity index (χ2n) is 5.90. The third-order valence-corrected chi connectivity index (χ3v) is 6.00. The van der Waals surface area contributed by atoms with E-state index in [0.717, 1.165) is 13.2 Å². The topological polar surface area (TPSA) is 9.23 Å². The van der Waals surface area contributed by atoms with Crippen molar-refractivity contribution in [3.63, 3.8) is 0 Å². The fourth-order valence-corrected chi connectivity index (χ4v) is 4.09. The number of hydrogen-bond donors (Lipinski definition) is 0. The Balaban J connectivity index is 0. The van der Waals surface area contributed by atoms with E-state index in [9.17, 15) is 0 Å². The summed E-state index contributed by atoms with van der Waals surface area (Å²) in [6.45, 7) is 8.74. The molecule has 1 nitrogen and oxygen atoms in total. The Bertz CT molecular complexity index is 135. The van der Waals surface area contributed by atoms with Gasteiger partial charge in [0.05, 0.1) is 0 Å². The summed E-state index contributed by atoms with van der Waals surface area (Å²) in [7, 11) is 0. The fraction of sp³-hybridized carbons (Fsp3) is 1.00. The first kappa shape index (κ1) is 24.0. The molecule has 0 unspecified atom stereocenters. The van der Waals surface area contributed by atoms with Gasteiger partial charge >= 0.3 is 50.3 Å². The summed E-state index contributed by atoms with van der Waals surface area (Å²) >= 11 is 0.190. The maximum atomic E-state index is 5.59. The van der Waals surface area contributed by atoms with Crippen LogP contribution in [0.5, 0.6) is 0 Å². The molecule has 0 rings (SSSR count). The molecule has 0 aromatic carbocycles. The zero-order chi connectivity index (χ0) is 16.0. The van der Waals surface area contributed by atoms with Crippen LogP contribution in [0.15, 0.2) is 0 Å². The van der Waals surface area contributed by atoms with Gasteiger partial charge in [0, 0.05) is 13.2 Å². The molecule has 0 heterocycles. The van der Waals surface area contributed by atoms with E-state index in [4.69, 9.17) is 4.74 Å². The summed E-state index contributed by atoms with van der Waals surface area (Å²) in [5.41, 5.74) is 0.